The Balaban J connectivity index is 1.75. The molecule has 1 heterocycles. The molecule has 2 unspecified atom stereocenters. The molecule has 2 aliphatic rings. The molecule has 5 nitrogen and oxygen atoms in total. The smallest absolute Gasteiger partial charge is 0.323 e. The van der Waals surface area contributed by atoms with Gasteiger partial charge in [-0.1, -0.05) is 57.9 Å². The van der Waals surface area contributed by atoms with Gasteiger partial charge in [0, 0.05) is 5.56 Å². The fraction of sp³-hybridized carbons (Fsp3) is 0.550. The van der Waals surface area contributed by atoms with Gasteiger partial charge in [0.15, 0.2) is 5.78 Å². The summed E-state index contributed by atoms with van der Waals surface area (Å²) in [4.78, 5) is 38.9. The number of amides is 3. The van der Waals surface area contributed by atoms with E-state index < -0.39 is 11.6 Å². The van der Waals surface area contributed by atoms with Crippen molar-refractivity contribution in [1.82, 2.24) is 10.2 Å². The quantitative estimate of drug-likeness (QED) is 0.673. The monoisotopic (exact) mass is 342 g/mol. The van der Waals surface area contributed by atoms with Crippen LogP contribution in [0.4, 0.5) is 4.79 Å². The van der Waals surface area contributed by atoms with Crippen LogP contribution in [0.15, 0.2) is 24.3 Å². The summed E-state index contributed by atoms with van der Waals surface area (Å²) in [7, 11) is 0. The highest BCUT2D eigenvalue weighted by atomic mass is 16.2. The van der Waals surface area contributed by atoms with Crippen molar-refractivity contribution in [2.75, 3.05) is 6.54 Å². The first-order valence-electron chi connectivity index (χ1n) is 9.12. The lowest BCUT2D eigenvalue weighted by atomic mass is 9.73. The largest absolute Gasteiger partial charge is 0.325 e. The van der Waals surface area contributed by atoms with Gasteiger partial charge < -0.3 is 5.32 Å². The maximum Gasteiger partial charge on any atom is 0.325 e. The van der Waals surface area contributed by atoms with E-state index in [0.29, 0.717) is 17.9 Å². The van der Waals surface area contributed by atoms with Crippen molar-refractivity contribution in [3.05, 3.63) is 35.4 Å². The van der Waals surface area contributed by atoms with Gasteiger partial charge in [-0.3, -0.25) is 14.5 Å². The van der Waals surface area contributed by atoms with Crippen LogP contribution in [0.1, 0.15) is 68.3 Å². The summed E-state index contributed by atoms with van der Waals surface area (Å²) in [5.74, 6) is 0.0435. The van der Waals surface area contributed by atoms with Crippen LogP contribution in [0.2, 0.25) is 0 Å². The van der Waals surface area contributed by atoms with Crippen LogP contribution in [0.25, 0.3) is 0 Å². The van der Waals surface area contributed by atoms with Gasteiger partial charge in [0.2, 0.25) is 0 Å². The lowest BCUT2D eigenvalue weighted by Crippen LogP contribution is -2.54. The number of nitrogens with one attached hydrogen (secondary N) is 1. The van der Waals surface area contributed by atoms with Gasteiger partial charge in [0.05, 0.1) is 6.54 Å². The van der Waals surface area contributed by atoms with Crippen molar-refractivity contribution in [2.45, 2.75) is 57.9 Å². The van der Waals surface area contributed by atoms with E-state index in [4.69, 9.17) is 0 Å². The van der Waals surface area contributed by atoms with Crippen LogP contribution in [-0.4, -0.2) is 34.7 Å². The Kier molecular flexibility index (Phi) is 4.67. The molecule has 1 aliphatic carbocycles. The summed E-state index contributed by atoms with van der Waals surface area (Å²) >= 11 is 0. The molecule has 1 aromatic rings. The maximum absolute atomic E-state index is 12.9. The number of carbonyl (C=O) groups excluding carboxylic acids is 3. The van der Waals surface area contributed by atoms with Crippen LogP contribution >= 0.6 is 0 Å². The molecule has 2 atom stereocenters. The number of nitrogens with zero attached hydrogens (tertiary/aromatic N) is 1. The Labute approximate surface area is 148 Å². The zero-order valence-electron chi connectivity index (χ0n) is 15.2. The summed E-state index contributed by atoms with van der Waals surface area (Å²) < 4.78 is 0. The average Bonchev–Trinajstić information content (AvgIpc) is 2.82. The summed E-state index contributed by atoms with van der Waals surface area (Å²) in [6, 6.07) is 6.96. The van der Waals surface area contributed by atoms with Gasteiger partial charge >= 0.3 is 6.03 Å². The minimum atomic E-state index is -0.808. The van der Waals surface area contributed by atoms with Gasteiger partial charge in [-0.05, 0) is 30.2 Å². The molecule has 134 valence electrons. The number of benzene rings is 1. The van der Waals surface area contributed by atoms with Gasteiger partial charge in [-0.15, -0.1) is 0 Å². The molecule has 3 rings (SSSR count). The van der Waals surface area contributed by atoms with E-state index in [9.17, 15) is 14.4 Å². The van der Waals surface area contributed by atoms with Gasteiger partial charge in [-0.25, -0.2) is 4.79 Å². The summed E-state index contributed by atoms with van der Waals surface area (Å²) in [6.45, 7) is 6.00. The van der Waals surface area contributed by atoms with E-state index in [1.165, 1.54) is 0 Å². The predicted octanol–water partition coefficient (Wildman–Crippen LogP) is 3.49. The second-order valence-electron chi connectivity index (χ2n) is 7.64. The number of imide groups is 1. The van der Waals surface area contributed by atoms with E-state index >= 15 is 0 Å². The summed E-state index contributed by atoms with van der Waals surface area (Å²) in [5, 5.41) is 2.88. The molecule has 0 aromatic heterocycles. The zero-order chi connectivity index (χ0) is 18.2. The predicted molar refractivity (Wildman–Crippen MR) is 95.5 cm³/mol. The second kappa shape index (κ2) is 6.62. The molecule has 5 heteroatoms. The van der Waals surface area contributed by atoms with Crippen molar-refractivity contribution in [2.24, 2.45) is 5.92 Å². The van der Waals surface area contributed by atoms with Crippen molar-refractivity contribution in [3.63, 3.8) is 0 Å². The zero-order valence-corrected chi connectivity index (χ0v) is 15.2. The van der Waals surface area contributed by atoms with Crippen molar-refractivity contribution in [3.8, 4) is 0 Å². The SMILES string of the molecule is CC(C)c1ccc(C(=O)CN2C(=O)NC3(CCCCC3C)C2=O)cc1. The Morgan fingerprint density at radius 1 is 1.24 bits per heavy atom. The number of urea groups is 1. The molecule has 1 saturated carbocycles. The minimum absolute atomic E-state index is 0.100. The minimum Gasteiger partial charge on any atom is -0.323 e. The first kappa shape index (κ1) is 17.6. The standard InChI is InChI=1S/C20H26N2O3/c1-13(2)15-7-9-16(10-8-15)17(23)12-22-18(24)20(21-19(22)25)11-5-4-6-14(20)3/h7-10,13-14H,4-6,11-12H2,1-3H3,(H,21,25). The molecule has 1 spiro atoms. The number of carbonyl (C=O) groups is 3. The third kappa shape index (κ3) is 3.08. The van der Waals surface area contributed by atoms with Crippen molar-refractivity contribution >= 4 is 17.7 Å². The van der Waals surface area contributed by atoms with Crippen molar-refractivity contribution < 1.29 is 14.4 Å². The average molecular weight is 342 g/mol. The number of Topliss-reactive ketones (excluding diaryl/α,β-unsaturated/α-hetero) is 1. The Bertz CT molecular complexity index is 695. The van der Waals surface area contributed by atoms with E-state index in [0.717, 1.165) is 29.7 Å². The van der Waals surface area contributed by atoms with Gasteiger partial charge in [0.25, 0.3) is 5.91 Å². The maximum atomic E-state index is 12.9. The van der Waals surface area contributed by atoms with E-state index in [-0.39, 0.29) is 24.2 Å². The highest BCUT2D eigenvalue weighted by Gasteiger charge is 2.55. The molecule has 1 N–H and O–H groups in total. The molecular formula is C20H26N2O3. The van der Waals surface area contributed by atoms with Crippen LogP contribution in [-0.2, 0) is 4.79 Å². The third-order valence-corrected chi connectivity index (χ3v) is 5.70. The van der Waals surface area contributed by atoms with Gasteiger partial charge in [-0.2, -0.15) is 0 Å². The molecule has 1 aromatic carbocycles. The molecule has 0 bridgehead atoms. The lowest BCUT2D eigenvalue weighted by Gasteiger charge is -2.36. The number of ketones is 1. The van der Waals surface area contributed by atoms with E-state index in [1.807, 2.05) is 19.1 Å². The molecule has 3 amide bonds. The Morgan fingerprint density at radius 3 is 2.52 bits per heavy atom. The topological polar surface area (TPSA) is 66.5 Å². The lowest BCUT2D eigenvalue weighted by molar-refractivity contribution is -0.133. The molecule has 2 fully saturated rings. The molecule has 1 saturated heterocycles. The highest BCUT2D eigenvalue weighted by molar-refractivity contribution is 6.11. The first-order chi connectivity index (χ1) is 11.8. The van der Waals surface area contributed by atoms with Crippen LogP contribution < -0.4 is 5.32 Å². The number of rotatable bonds is 4. The first-order valence-corrected chi connectivity index (χ1v) is 9.12. The van der Waals surface area contributed by atoms with E-state index in [1.54, 1.807) is 12.1 Å². The Hall–Kier alpha value is -2.17. The highest BCUT2D eigenvalue weighted by Crippen LogP contribution is 2.38. The molecule has 1 aliphatic heterocycles. The summed E-state index contributed by atoms with van der Waals surface area (Å²) in [5.41, 5.74) is 0.876. The summed E-state index contributed by atoms with van der Waals surface area (Å²) in [6.07, 6.45) is 3.58. The van der Waals surface area contributed by atoms with Crippen molar-refractivity contribution in [1.29, 1.82) is 0 Å². The van der Waals surface area contributed by atoms with Crippen LogP contribution in [0.5, 0.6) is 0 Å². The van der Waals surface area contributed by atoms with E-state index in [2.05, 4.69) is 19.2 Å². The van der Waals surface area contributed by atoms with Crippen LogP contribution in [0.3, 0.4) is 0 Å². The number of hydrogen-bond acceptors (Lipinski definition) is 3. The Morgan fingerprint density at radius 2 is 1.92 bits per heavy atom. The second-order valence-corrected chi connectivity index (χ2v) is 7.64. The molecule has 25 heavy (non-hydrogen) atoms. The molecule has 0 radical (unpaired) electrons. The number of hydrogen-bond donors (Lipinski definition) is 1. The normalized spacial score (nSPS) is 26.4. The fourth-order valence-corrected chi connectivity index (χ4v) is 3.93. The third-order valence-electron chi connectivity index (χ3n) is 5.70. The van der Waals surface area contributed by atoms with Crippen LogP contribution in [0, 0.1) is 5.92 Å². The van der Waals surface area contributed by atoms with Gasteiger partial charge in [0.1, 0.15) is 5.54 Å². The molecular weight excluding hydrogens is 316 g/mol. The fourth-order valence-electron chi connectivity index (χ4n) is 3.93.